The van der Waals surface area contributed by atoms with Crippen molar-refractivity contribution in [1.82, 2.24) is 9.78 Å². The first-order valence-corrected chi connectivity index (χ1v) is 6.19. The van der Waals surface area contributed by atoms with E-state index >= 15 is 0 Å². The van der Waals surface area contributed by atoms with Crippen molar-refractivity contribution < 1.29 is 4.74 Å². The summed E-state index contributed by atoms with van der Waals surface area (Å²) in [5, 5.41) is 4.46. The third-order valence-electron chi connectivity index (χ3n) is 3.77. The maximum Gasteiger partial charge on any atom is 0.0870 e. The van der Waals surface area contributed by atoms with Crippen LogP contribution in [-0.4, -0.2) is 22.0 Å². The molecule has 1 aliphatic rings. The Bertz CT molecular complexity index is 384. The minimum Gasteiger partial charge on any atom is -0.369 e. The van der Waals surface area contributed by atoms with Gasteiger partial charge < -0.3 is 4.74 Å². The van der Waals surface area contributed by atoms with Gasteiger partial charge in [0.1, 0.15) is 0 Å². The summed E-state index contributed by atoms with van der Waals surface area (Å²) in [7, 11) is 2.01. The molecule has 0 saturated carbocycles. The zero-order valence-corrected chi connectivity index (χ0v) is 10.9. The third kappa shape index (κ3) is 2.01. The molecule has 0 radical (unpaired) electrons. The SMILES string of the molecule is CCC1OC1C(C)Cc1c(C)nn(C)c1C. The van der Waals surface area contributed by atoms with Crippen molar-refractivity contribution in [3.63, 3.8) is 0 Å². The van der Waals surface area contributed by atoms with Gasteiger partial charge in [0.15, 0.2) is 0 Å². The van der Waals surface area contributed by atoms with Crippen molar-refractivity contribution in [3.05, 3.63) is 17.0 Å². The summed E-state index contributed by atoms with van der Waals surface area (Å²) in [6.07, 6.45) is 3.21. The lowest BCUT2D eigenvalue weighted by atomic mass is 9.95. The Morgan fingerprint density at radius 3 is 2.56 bits per heavy atom. The van der Waals surface area contributed by atoms with E-state index in [4.69, 9.17) is 4.74 Å². The second-order valence-electron chi connectivity index (χ2n) is 5.00. The maximum absolute atomic E-state index is 5.66. The van der Waals surface area contributed by atoms with Crippen LogP contribution in [-0.2, 0) is 18.2 Å². The van der Waals surface area contributed by atoms with Crippen LogP contribution in [0.5, 0.6) is 0 Å². The minimum absolute atomic E-state index is 0.476. The summed E-state index contributed by atoms with van der Waals surface area (Å²) in [5.74, 6) is 0.603. The van der Waals surface area contributed by atoms with Gasteiger partial charge in [-0.15, -0.1) is 0 Å². The topological polar surface area (TPSA) is 30.4 Å². The van der Waals surface area contributed by atoms with Gasteiger partial charge in [-0.3, -0.25) is 4.68 Å². The number of ether oxygens (including phenoxy) is 1. The van der Waals surface area contributed by atoms with E-state index in [-0.39, 0.29) is 0 Å². The van der Waals surface area contributed by atoms with Crippen molar-refractivity contribution >= 4 is 0 Å². The Kier molecular flexibility index (Phi) is 3.06. The Morgan fingerprint density at radius 1 is 1.44 bits per heavy atom. The number of nitrogens with zero attached hydrogens (tertiary/aromatic N) is 2. The summed E-state index contributed by atoms with van der Waals surface area (Å²) >= 11 is 0. The van der Waals surface area contributed by atoms with Crippen LogP contribution in [0.1, 0.15) is 37.2 Å². The fourth-order valence-corrected chi connectivity index (χ4v) is 2.54. The highest BCUT2D eigenvalue weighted by molar-refractivity contribution is 5.25. The van der Waals surface area contributed by atoms with E-state index in [1.165, 1.54) is 17.0 Å². The van der Waals surface area contributed by atoms with Gasteiger partial charge in [-0.1, -0.05) is 13.8 Å². The first-order chi connectivity index (χ1) is 7.54. The summed E-state index contributed by atoms with van der Waals surface area (Å²) in [5.41, 5.74) is 3.86. The van der Waals surface area contributed by atoms with Crippen LogP contribution in [0.25, 0.3) is 0 Å². The maximum atomic E-state index is 5.66. The average Bonchev–Trinajstić information content (AvgIpc) is 2.99. The highest BCUT2D eigenvalue weighted by Crippen LogP contribution is 2.34. The van der Waals surface area contributed by atoms with E-state index < -0.39 is 0 Å². The second kappa shape index (κ2) is 4.21. The molecule has 16 heavy (non-hydrogen) atoms. The summed E-state index contributed by atoms with van der Waals surface area (Å²) in [4.78, 5) is 0. The highest BCUT2D eigenvalue weighted by atomic mass is 16.6. The van der Waals surface area contributed by atoms with Crippen molar-refractivity contribution in [2.24, 2.45) is 13.0 Å². The molecule has 1 saturated heterocycles. The molecule has 1 fully saturated rings. The van der Waals surface area contributed by atoms with E-state index in [9.17, 15) is 0 Å². The quantitative estimate of drug-likeness (QED) is 0.732. The third-order valence-corrected chi connectivity index (χ3v) is 3.77. The normalized spacial score (nSPS) is 25.8. The number of hydrogen-bond donors (Lipinski definition) is 0. The van der Waals surface area contributed by atoms with E-state index in [2.05, 4.69) is 32.8 Å². The van der Waals surface area contributed by atoms with E-state index in [1.807, 2.05) is 11.7 Å². The van der Waals surface area contributed by atoms with Crippen LogP contribution in [0.15, 0.2) is 0 Å². The lowest BCUT2D eigenvalue weighted by Gasteiger charge is -2.08. The molecule has 0 aliphatic carbocycles. The molecule has 1 aromatic heterocycles. The number of aromatic nitrogens is 2. The second-order valence-corrected chi connectivity index (χ2v) is 5.00. The molecule has 3 nitrogen and oxygen atoms in total. The molecule has 0 amide bonds. The summed E-state index contributed by atoms with van der Waals surface area (Å²) in [6.45, 7) is 8.72. The molecule has 0 N–H and O–H groups in total. The molecule has 0 spiro atoms. The van der Waals surface area contributed by atoms with Crippen molar-refractivity contribution in [2.45, 2.75) is 52.7 Å². The first-order valence-electron chi connectivity index (χ1n) is 6.19. The average molecular weight is 222 g/mol. The van der Waals surface area contributed by atoms with Crippen molar-refractivity contribution in [2.75, 3.05) is 0 Å². The van der Waals surface area contributed by atoms with Gasteiger partial charge in [0.05, 0.1) is 17.9 Å². The predicted octanol–water partition coefficient (Wildman–Crippen LogP) is 2.39. The first kappa shape index (κ1) is 11.6. The van der Waals surface area contributed by atoms with Gasteiger partial charge in [-0.2, -0.15) is 5.10 Å². The fourth-order valence-electron chi connectivity index (χ4n) is 2.54. The molecule has 90 valence electrons. The molecule has 2 rings (SSSR count). The summed E-state index contributed by atoms with van der Waals surface area (Å²) < 4.78 is 7.63. The molecule has 1 aliphatic heterocycles. The van der Waals surface area contributed by atoms with Gasteiger partial charge in [0, 0.05) is 12.7 Å². The van der Waals surface area contributed by atoms with Gasteiger partial charge in [0.2, 0.25) is 0 Å². The lowest BCUT2D eigenvalue weighted by Crippen LogP contribution is -2.11. The van der Waals surface area contributed by atoms with Gasteiger partial charge in [-0.05, 0) is 38.2 Å². The molecule has 3 atom stereocenters. The van der Waals surface area contributed by atoms with Gasteiger partial charge in [0.25, 0.3) is 0 Å². The minimum atomic E-state index is 0.476. The summed E-state index contributed by atoms with van der Waals surface area (Å²) in [6, 6.07) is 0. The van der Waals surface area contributed by atoms with Crippen molar-refractivity contribution in [1.29, 1.82) is 0 Å². The molecular formula is C13H22N2O. The Hall–Kier alpha value is -0.830. The standard InChI is InChI=1S/C13H22N2O/c1-6-12-13(16-12)8(2)7-11-9(3)14-15(5)10(11)4/h8,12-13H,6-7H2,1-5H3. The lowest BCUT2D eigenvalue weighted by molar-refractivity contribution is 0.322. The van der Waals surface area contributed by atoms with Crippen LogP contribution in [0, 0.1) is 19.8 Å². The van der Waals surface area contributed by atoms with Crippen LogP contribution >= 0.6 is 0 Å². The van der Waals surface area contributed by atoms with Gasteiger partial charge >= 0.3 is 0 Å². The number of hydrogen-bond acceptors (Lipinski definition) is 2. The zero-order chi connectivity index (χ0) is 11.9. The number of rotatable bonds is 4. The van der Waals surface area contributed by atoms with E-state index in [1.54, 1.807) is 0 Å². The predicted molar refractivity (Wildman–Crippen MR) is 64.5 cm³/mol. The van der Waals surface area contributed by atoms with Crippen LogP contribution in [0.2, 0.25) is 0 Å². The smallest absolute Gasteiger partial charge is 0.0870 e. The molecule has 3 heteroatoms. The van der Waals surface area contributed by atoms with Crippen LogP contribution < -0.4 is 0 Å². The van der Waals surface area contributed by atoms with Crippen LogP contribution in [0.4, 0.5) is 0 Å². The molecule has 0 bridgehead atoms. The zero-order valence-electron chi connectivity index (χ0n) is 10.9. The number of aryl methyl sites for hydroxylation is 2. The van der Waals surface area contributed by atoms with Gasteiger partial charge in [-0.25, -0.2) is 0 Å². The molecular weight excluding hydrogens is 200 g/mol. The molecule has 1 aromatic rings. The van der Waals surface area contributed by atoms with Crippen LogP contribution in [0.3, 0.4) is 0 Å². The Morgan fingerprint density at radius 2 is 2.12 bits per heavy atom. The fraction of sp³-hybridized carbons (Fsp3) is 0.769. The van der Waals surface area contributed by atoms with E-state index in [0.29, 0.717) is 18.1 Å². The molecule has 3 unspecified atom stereocenters. The molecule has 2 heterocycles. The monoisotopic (exact) mass is 222 g/mol. The Labute approximate surface area is 97.8 Å². The van der Waals surface area contributed by atoms with E-state index in [0.717, 1.165) is 12.8 Å². The number of epoxide rings is 1. The Balaban J connectivity index is 2.04. The largest absolute Gasteiger partial charge is 0.369 e. The van der Waals surface area contributed by atoms with Crippen molar-refractivity contribution in [3.8, 4) is 0 Å². The molecule has 0 aromatic carbocycles. The highest BCUT2D eigenvalue weighted by Gasteiger charge is 2.41.